The second-order valence-electron chi connectivity index (χ2n) is 7.33. The SMILES string of the molecule is Cc1ccc(NCc2c(OCc3ccc(Cl)cc3)ccc3ccccc23)cc1C. The largest absolute Gasteiger partial charge is 0.489 e. The van der Waals surface area contributed by atoms with Crippen LogP contribution in [-0.2, 0) is 13.2 Å². The smallest absolute Gasteiger partial charge is 0.125 e. The first-order valence-corrected chi connectivity index (χ1v) is 10.2. The first-order valence-electron chi connectivity index (χ1n) is 9.79. The molecule has 0 aliphatic heterocycles. The molecule has 0 aromatic heterocycles. The first kappa shape index (κ1) is 19.4. The molecule has 1 N–H and O–H groups in total. The zero-order valence-electron chi connectivity index (χ0n) is 16.7. The quantitative estimate of drug-likeness (QED) is 0.366. The summed E-state index contributed by atoms with van der Waals surface area (Å²) in [5.74, 6) is 0.898. The molecule has 0 fully saturated rings. The minimum Gasteiger partial charge on any atom is -0.489 e. The third-order valence-corrected chi connectivity index (χ3v) is 5.53. The lowest BCUT2D eigenvalue weighted by atomic mass is 10.0. The molecule has 0 heterocycles. The molecule has 0 spiro atoms. The monoisotopic (exact) mass is 401 g/mol. The molecule has 0 bridgehead atoms. The third kappa shape index (κ3) is 4.55. The predicted molar refractivity (Wildman–Crippen MR) is 123 cm³/mol. The lowest BCUT2D eigenvalue weighted by molar-refractivity contribution is 0.304. The average Bonchev–Trinajstić information content (AvgIpc) is 2.74. The second-order valence-corrected chi connectivity index (χ2v) is 7.77. The van der Waals surface area contributed by atoms with Gasteiger partial charge in [0.05, 0.1) is 0 Å². The van der Waals surface area contributed by atoms with Gasteiger partial charge in [0.25, 0.3) is 0 Å². The van der Waals surface area contributed by atoms with Crippen molar-refractivity contribution >= 4 is 28.1 Å². The van der Waals surface area contributed by atoms with Gasteiger partial charge >= 0.3 is 0 Å². The molecule has 0 radical (unpaired) electrons. The molecule has 0 saturated carbocycles. The van der Waals surface area contributed by atoms with Gasteiger partial charge in [-0.1, -0.05) is 60.1 Å². The van der Waals surface area contributed by atoms with Gasteiger partial charge in [0.1, 0.15) is 12.4 Å². The summed E-state index contributed by atoms with van der Waals surface area (Å²) in [6.07, 6.45) is 0. The van der Waals surface area contributed by atoms with E-state index in [0.29, 0.717) is 13.2 Å². The predicted octanol–water partition coefficient (Wildman–Crippen LogP) is 7.30. The van der Waals surface area contributed by atoms with Crippen LogP contribution >= 0.6 is 11.6 Å². The Morgan fingerprint density at radius 2 is 1.62 bits per heavy atom. The Kier molecular flexibility index (Phi) is 5.73. The van der Waals surface area contributed by atoms with Crippen molar-refractivity contribution < 1.29 is 4.74 Å². The number of rotatable bonds is 6. The van der Waals surface area contributed by atoms with Crippen molar-refractivity contribution in [2.45, 2.75) is 27.0 Å². The van der Waals surface area contributed by atoms with Crippen molar-refractivity contribution in [3.05, 3.63) is 106 Å². The van der Waals surface area contributed by atoms with Crippen molar-refractivity contribution in [1.82, 2.24) is 0 Å². The topological polar surface area (TPSA) is 21.3 Å². The molecule has 3 heteroatoms. The highest BCUT2D eigenvalue weighted by molar-refractivity contribution is 6.30. The normalized spacial score (nSPS) is 10.9. The van der Waals surface area contributed by atoms with Gasteiger partial charge in [-0.15, -0.1) is 0 Å². The molecule has 4 rings (SSSR count). The Bertz CT molecular complexity index is 1140. The summed E-state index contributed by atoms with van der Waals surface area (Å²) in [5, 5.41) is 6.72. The van der Waals surface area contributed by atoms with E-state index in [0.717, 1.165) is 27.6 Å². The Hall–Kier alpha value is -2.97. The third-order valence-electron chi connectivity index (χ3n) is 5.28. The summed E-state index contributed by atoms with van der Waals surface area (Å²) in [7, 11) is 0. The van der Waals surface area contributed by atoms with Crippen molar-refractivity contribution in [3.8, 4) is 5.75 Å². The number of aryl methyl sites for hydroxylation is 2. The van der Waals surface area contributed by atoms with Gasteiger partial charge in [-0.25, -0.2) is 0 Å². The van der Waals surface area contributed by atoms with Gasteiger partial charge in [-0.2, -0.15) is 0 Å². The second kappa shape index (κ2) is 8.59. The average molecular weight is 402 g/mol. The number of fused-ring (bicyclic) bond motifs is 1. The van der Waals surface area contributed by atoms with E-state index in [4.69, 9.17) is 16.3 Å². The number of anilines is 1. The van der Waals surface area contributed by atoms with Gasteiger partial charge in [-0.05, 0) is 71.6 Å². The Balaban J connectivity index is 1.61. The highest BCUT2D eigenvalue weighted by Gasteiger charge is 2.10. The van der Waals surface area contributed by atoms with Crippen LogP contribution in [0.4, 0.5) is 5.69 Å². The van der Waals surface area contributed by atoms with Crippen LogP contribution in [0.5, 0.6) is 5.75 Å². The standard InChI is InChI=1S/C26H24ClNO/c1-18-7-13-23(15-19(18)2)28-16-25-24-6-4-3-5-21(24)10-14-26(25)29-17-20-8-11-22(27)12-9-20/h3-15,28H,16-17H2,1-2H3. The summed E-state index contributed by atoms with van der Waals surface area (Å²) in [4.78, 5) is 0. The zero-order chi connectivity index (χ0) is 20.2. The van der Waals surface area contributed by atoms with Crippen LogP contribution < -0.4 is 10.1 Å². The number of halogens is 1. The highest BCUT2D eigenvalue weighted by Crippen LogP contribution is 2.30. The summed E-state index contributed by atoms with van der Waals surface area (Å²) in [5.41, 5.74) is 5.95. The summed E-state index contributed by atoms with van der Waals surface area (Å²) in [6.45, 7) is 5.47. The van der Waals surface area contributed by atoms with Crippen LogP contribution in [0.15, 0.2) is 78.9 Å². The van der Waals surface area contributed by atoms with Gasteiger partial charge < -0.3 is 10.1 Å². The van der Waals surface area contributed by atoms with E-state index in [-0.39, 0.29) is 0 Å². The van der Waals surface area contributed by atoms with Crippen LogP contribution in [-0.4, -0.2) is 0 Å². The number of hydrogen-bond donors (Lipinski definition) is 1. The molecule has 0 saturated heterocycles. The van der Waals surface area contributed by atoms with E-state index in [1.54, 1.807) is 0 Å². The summed E-state index contributed by atoms with van der Waals surface area (Å²) in [6, 6.07) is 26.9. The van der Waals surface area contributed by atoms with Crippen LogP contribution in [0.2, 0.25) is 5.02 Å². The molecule has 0 amide bonds. The van der Waals surface area contributed by atoms with Gasteiger partial charge in [0.2, 0.25) is 0 Å². The minimum absolute atomic E-state index is 0.506. The fourth-order valence-electron chi connectivity index (χ4n) is 3.42. The van der Waals surface area contributed by atoms with E-state index in [2.05, 4.69) is 73.8 Å². The van der Waals surface area contributed by atoms with E-state index in [1.807, 2.05) is 24.3 Å². The van der Waals surface area contributed by atoms with E-state index in [9.17, 15) is 0 Å². The molecule has 0 aliphatic carbocycles. The number of benzene rings is 4. The van der Waals surface area contributed by atoms with E-state index >= 15 is 0 Å². The van der Waals surface area contributed by atoms with Gasteiger partial charge in [0, 0.05) is 22.8 Å². The number of nitrogens with one attached hydrogen (secondary N) is 1. The van der Waals surface area contributed by atoms with Crippen LogP contribution in [0.3, 0.4) is 0 Å². The Morgan fingerprint density at radius 3 is 2.41 bits per heavy atom. The molecule has 0 unspecified atom stereocenters. The number of ether oxygens (including phenoxy) is 1. The maximum atomic E-state index is 6.22. The Morgan fingerprint density at radius 1 is 0.828 bits per heavy atom. The molecule has 146 valence electrons. The maximum Gasteiger partial charge on any atom is 0.125 e. The molecular weight excluding hydrogens is 378 g/mol. The summed E-state index contributed by atoms with van der Waals surface area (Å²) >= 11 is 5.99. The van der Waals surface area contributed by atoms with Crippen molar-refractivity contribution in [2.75, 3.05) is 5.32 Å². The fourth-order valence-corrected chi connectivity index (χ4v) is 3.54. The van der Waals surface area contributed by atoms with Crippen LogP contribution in [0, 0.1) is 13.8 Å². The minimum atomic E-state index is 0.506. The highest BCUT2D eigenvalue weighted by atomic mass is 35.5. The van der Waals surface area contributed by atoms with E-state index in [1.165, 1.54) is 21.9 Å². The van der Waals surface area contributed by atoms with Gasteiger partial charge in [-0.3, -0.25) is 0 Å². The number of hydrogen-bond acceptors (Lipinski definition) is 2. The molecule has 2 nitrogen and oxygen atoms in total. The van der Waals surface area contributed by atoms with Crippen LogP contribution in [0.25, 0.3) is 10.8 Å². The van der Waals surface area contributed by atoms with Crippen LogP contribution in [0.1, 0.15) is 22.3 Å². The molecule has 4 aromatic rings. The molecular formula is C26H24ClNO. The Labute approximate surface area is 177 Å². The van der Waals surface area contributed by atoms with Crippen molar-refractivity contribution in [1.29, 1.82) is 0 Å². The van der Waals surface area contributed by atoms with Crippen molar-refractivity contribution in [3.63, 3.8) is 0 Å². The van der Waals surface area contributed by atoms with Crippen molar-refractivity contribution in [2.24, 2.45) is 0 Å². The molecule has 0 aliphatic rings. The molecule has 29 heavy (non-hydrogen) atoms. The van der Waals surface area contributed by atoms with E-state index < -0.39 is 0 Å². The first-order chi connectivity index (χ1) is 14.1. The lowest BCUT2D eigenvalue weighted by Crippen LogP contribution is -2.05. The maximum absolute atomic E-state index is 6.22. The summed E-state index contributed by atoms with van der Waals surface area (Å²) < 4.78 is 6.22. The molecule has 4 aromatic carbocycles. The molecule has 0 atom stereocenters. The lowest BCUT2D eigenvalue weighted by Gasteiger charge is -2.16. The fraction of sp³-hybridized carbons (Fsp3) is 0.154. The van der Waals surface area contributed by atoms with Gasteiger partial charge in [0.15, 0.2) is 0 Å². The zero-order valence-corrected chi connectivity index (χ0v) is 17.5.